The Morgan fingerprint density at radius 1 is 1.18 bits per heavy atom. The number of benzene rings is 1. The molecule has 3 rings (SSSR count). The van der Waals surface area contributed by atoms with Gasteiger partial charge in [0.2, 0.25) is 0 Å². The Morgan fingerprint density at radius 2 is 1.86 bits per heavy atom. The number of pyridine rings is 1. The van der Waals surface area contributed by atoms with Crippen LogP contribution >= 0.6 is 11.6 Å². The summed E-state index contributed by atoms with van der Waals surface area (Å²) in [6, 6.07) is 9.37. The molecular weight excluding hydrogens is 396 g/mol. The summed E-state index contributed by atoms with van der Waals surface area (Å²) in [7, 11) is 0. The van der Waals surface area contributed by atoms with E-state index >= 15 is 0 Å². The van der Waals surface area contributed by atoms with Crippen LogP contribution in [0.1, 0.15) is 22.5 Å². The number of alkyl halides is 3. The maximum absolute atomic E-state index is 13.1. The second-order valence-electron chi connectivity index (χ2n) is 5.78. The second-order valence-corrected chi connectivity index (χ2v) is 6.14. The summed E-state index contributed by atoms with van der Waals surface area (Å²) in [6.07, 6.45) is -2.45. The zero-order valence-corrected chi connectivity index (χ0v) is 15.1. The van der Waals surface area contributed by atoms with Crippen LogP contribution in [0.5, 0.6) is 0 Å². The fourth-order valence-corrected chi connectivity index (χ4v) is 2.78. The summed E-state index contributed by atoms with van der Waals surface area (Å²) in [6.45, 7) is 1.66. The normalized spacial score (nSPS) is 12.1. The predicted molar refractivity (Wildman–Crippen MR) is 96.0 cm³/mol. The highest BCUT2D eigenvalue weighted by Gasteiger charge is 2.30. The Balaban J connectivity index is 2.02. The molecular formula is C19H11ClF4N4. The summed E-state index contributed by atoms with van der Waals surface area (Å²) < 4.78 is 52.5. The molecule has 2 aromatic heterocycles. The highest BCUT2D eigenvalue weighted by Crippen LogP contribution is 2.30. The highest BCUT2D eigenvalue weighted by molar-refractivity contribution is 6.31. The minimum atomic E-state index is -4.52. The smallest absolute Gasteiger partial charge is 0.255 e. The largest absolute Gasteiger partial charge is 0.417 e. The van der Waals surface area contributed by atoms with Crippen LogP contribution in [0.15, 0.2) is 42.6 Å². The first-order valence-corrected chi connectivity index (χ1v) is 8.25. The van der Waals surface area contributed by atoms with Crippen LogP contribution in [-0.4, -0.2) is 14.8 Å². The van der Waals surface area contributed by atoms with Crippen LogP contribution in [0.4, 0.5) is 17.6 Å². The van der Waals surface area contributed by atoms with E-state index in [2.05, 4.69) is 10.1 Å². The molecule has 0 fully saturated rings. The van der Waals surface area contributed by atoms with E-state index in [9.17, 15) is 22.8 Å². The molecule has 0 spiro atoms. The van der Waals surface area contributed by atoms with Gasteiger partial charge in [-0.3, -0.25) is 4.98 Å². The predicted octanol–water partition coefficient (Wildman–Crippen LogP) is 5.45. The third-order valence-corrected chi connectivity index (χ3v) is 4.26. The molecule has 0 saturated carbocycles. The number of allylic oxidation sites excluding steroid dienone is 1. The van der Waals surface area contributed by atoms with Crippen molar-refractivity contribution < 1.29 is 17.6 Å². The van der Waals surface area contributed by atoms with Crippen LogP contribution < -0.4 is 0 Å². The maximum atomic E-state index is 13.1. The van der Waals surface area contributed by atoms with Gasteiger partial charge in [-0.05, 0) is 49.4 Å². The lowest BCUT2D eigenvalue weighted by molar-refractivity contribution is -0.137. The molecule has 0 aliphatic heterocycles. The van der Waals surface area contributed by atoms with Gasteiger partial charge in [-0.1, -0.05) is 11.6 Å². The number of nitriles is 1. The Hall–Kier alpha value is -3.18. The van der Waals surface area contributed by atoms with Crippen molar-refractivity contribution in [2.75, 3.05) is 0 Å². The van der Waals surface area contributed by atoms with Gasteiger partial charge in [0.1, 0.15) is 17.0 Å². The first kappa shape index (κ1) is 19.6. The average molecular weight is 407 g/mol. The van der Waals surface area contributed by atoms with E-state index in [0.29, 0.717) is 23.1 Å². The summed E-state index contributed by atoms with van der Waals surface area (Å²) in [5.41, 5.74) is 0.586. The van der Waals surface area contributed by atoms with Crippen molar-refractivity contribution in [1.82, 2.24) is 14.8 Å². The molecule has 1 aromatic carbocycles. The number of aryl methyl sites for hydroxylation is 1. The number of nitrogens with zero attached hydrogens (tertiary/aromatic N) is 4. The molecule has 9 heteroatoms. The lowest BCUT2D eigenvalue weighted by Gasteiger charge is -2.06. The van der Waals surface area contributed by atoms with Gasteiger partial charge in [-0.25, -0.2) is 9.07 Å². The van der Waals surface area contributed by atoms with Crippen molar-refractivity contribution in [3.63, 3.8) is 0 Å². The Labute approximate surface area is 162 Å². The number of aromatic nitrogens is 3. The molecule has 0 unspecified atom stereocenters. The van der Waals surface area contributed by atoms with Gasteiger partial charge in [-0.15, -0.1) is 0 Å². The standard InChI is InChI=1S/C19H11ClF4N4/c1-11-16(18(20)28(27-11)15-5-3-14(21)4-6-15)8-12(9-25)17-7-2-13(10-26-17)19(22,23)24/h2-8,10H,1H3/b12-8+. The van der Waals surface area contributed by atoms with Crippen molar-refractivity contribution in [2.24, 2.45) is 0 Å². The van der Waals surface area contributed by atoms with Gasteiger partial charge in [0.05, 0.1) is 28.2 Å². The highest BCUT2D eigenvalue weighted by atomic mass is 35.5. The quantitative estimate of drug-likeness (QED) is 0.429. The van der Waals surface area contributed by atoms with Gasteiger partial charge in [-0.2, -0.15) is 23.5 Å². The van der Waals surface area contributed by atoms with E-state index < -0.39 is 17.6 Å². The van der Waals surface area contributed by atoms with Crippen molar-refractivity contribution in [1.29, 1.82) is 5.26 Å². The maximum Gasteiger partial charge on any atom is 0.417 e. The van der Waals surface area contributed by atoms with Crippen LogP contribution in [0, 0.1) is 24.1 Å². The number of rotatable bonds is 3. The molecule has 0 aliphatic carbocycles. The molecule has 2 heterocycles. The lowest BCUT2D eigenvalue weighted by atomic mass is 10.1. The minimum Gasteiger partial charge on any atom is -0.255 e. The van der Waals surface area contributed by atoms with Crippen molar-refractivity contribution in [3.8, 4) is 11.8 Å². The van der Waals surface area contributed by atoms with E-state index in [-0.39, 0.29) is 16.4 Å². The summed E-state index contributed by atoms with van der Waals surface area (Å²) in [4.78, 5) is 3.72. The van der Waals surface area contributed by atoms with E-state index in [4.69, 9.17) is 11.6 Å². The third-order valence-electron chi connectivity index (χ3n) is 3.90. The molecule has 3 aromatic rings. The zero-order chi connectivity index (χ0) is 20.5. The van der Waals surface area contributed by atoms with Crippen molar-refractivity contribution in [3.05, 3.63) is 76.1 Å². The van der Waals surface area contributed by atoms with Gasteiger partial charge in [0.25, 0.3) is 0 Å². The summed E-state index contributed by atoms with van der Waals surface area (Å²) in [5, 5.41) is 13.9. The molecule has 0 atom stereocenters. The third kappa shape index (κ3) is 3.89. The molecule has 0 bridgehead atoms. The van der Waals surface area contributed by atoms with Gasteiger partial charge >= 0.3 is 6.18 Å². The SMILES string of the molecule is Cc1nn(-c2ccc(F)cc2)c(Cl)c1/C=C(\C#N)c1ccc(C(F)(F)F)cn1. The molecule has 0 N–H and O–H groups in total. The molecule has 28 heavy (non-hydrogen) atoms. The monoisotopic (exact) mass is 406 g/mol. The molecule has 0 aliphatic rings. The van der Waals surface area contributed by atoms with E-state index in [1.807, 2.05) is 6.07 Å². The van der Waals surface area contributed by atoms with Crippen LogP contribution in [0.2, 0.25) is 5.15 Å². The van der Waals surface area contributed by atoms with Gasteiger partial charge < -0.3 is 0 Å². The summed E-state index contributed by atoms with van der Waals surface area (Å²) >= 11 is 6.36. The Bertz CT molecular complexity index is 1080. The van der Waals surface area contributed by atoms with Crippen LogP contribution in [0.3, 0.4) is 0 Å². The van der Waals surface area contributed by atoms with Crippen LogP contribution in [0.25, 0.3) is 17.3 Å². The Kier molecular flexibility index (Phi) is 5.21. The molecule has 4 nitrogen and oxygen atoms in total. The molecule has 0 radical (unpaired) electrons. The molecule has 142 valence electrons. The van der Waals surface area contributed by atoms with Crippen LogP contribution in [-0.2, 0) is 6.18 Å². The average Bonchev–Trinajstić information content (AvgIpc) is 2.94. The first-order valence-electron chi connectivity index (χ1n) is 7.87. The number of hydrogen-bond donors (Lipinski definition) is 0. The second kappa shape index (κ2) is 7.44. The van der Waals surface area contributed by atoms with Crippen molar-refractivity contribution >= 4 is 23.3 Å². The molecule has 0 amide bonds. The fourth-order valence-electron chi connectivity index (χ4n) is 2.46. The number of hydrogen-bond acceptors (Lipinski definition) is 3. The Morgan fingerprint density at radius 3 is 2.39 bits per heavy atom. The van der Waals surface area contributed by atoms with Gasteiger partial charge in [0, 0.05) is 11.8 Å². The fraction of sp³-hybridized carbons (Fsp3) is 0.105. The van der Waals surface area contributed by atoms with E-state index in [1.54, 1.807) is 6.92 Å². The van der Waals surface area contributed by atoms with Gasteiger partial charge in [0.15, 0.2) is 0 Å². The first-order chi connectivity index (χ1) is 13.2. The minimum absolute atomic E-state index is 0.0254. The zero-order valence-electron chi connectivity index (χ0n) is 14.3. The van der Waals surface area contributed by atoms with E-state index in [1.165, 1.54) is 35.0 Å². The van der Waals surface area contributed by atoms with E-state index in [0.717, 1.165) is 12.1 Å². The van der Waals surface area contributed by atoms with Crippen molar-refractivity contribution in [2.45, 2.75) is 13.1 Å². The lowest BCUT2D eigenvalue weighted by Crippen LogP contribution is -2.05. The number of halogens is 5. The molecule has 0 saturated heterocycles. The topological polar surface area (TPSA) is 54.5 Å². The summed E-state index contributed by atoms with van der Waals surface area (Å²) in [5.74, 6) is -0.413.